The number of aromatic nitrogens is 4. The zero-order chi connectivity index (χ0) is 43.5. The Bertz CT molecular complexity index is 2480. The lowest BCUT2D eigenvalue weighted by atomic mass is 9.79. The maximum atomic E-state index is 13.5. The van der Waals surface area contributed by atoms with Gasteiger partial charge in [-0.1, -0.05) is 93.6 Å². The molecule has 2 aromatic heterocycles. The van der Waals surface area contributed by atoms with Crippen molar-refractivity contribution in [3.05, 3.63) is 148 Å². The van der Waals surface area contributed by atoms with Gasteiger partial charge in [0.15, 0.2) is 25.7 Å². The lowest BCUT2D eigenvalue weighted by Crippen LogP contribution is -2.52. The minimum atomic E-state index is -3.06. The fraction of sp³-hybridized carbons (Fsp3) is 0.318. The summed E-state index contributed by atoms with van der Waals surface area (Å²) in [7, 11) is -2.62. The molecule has 61 heavy (non-hydrogen) atoms. The van der Waals surface area contributed by atoms with Gasteiger partial charge in [-0.3, -0.25) is 24.5 Å². The molecule has 17 heteroatoms. The fourth-order valence-electron chi connectivity index (χ4n) is 7.16. The van der Waals surface area contributed by atoms with Crippen molar-refractivity contribution in [2.24, 2.45) is 0 Å². The SMILES string of the molecule is COc1ccc(C(OC2C(O[Si](C)(C)C(C)(C)C)[C@H](n3cnc4c(=O)[nH]c(NC(=O)c5ccccc5)nc43)O[C@@H]2CO[P+](=O)O)(c2ccccc2)c2ccc(OC)cc2)cc1. The molecule has 3 unspecified atom stereocenters. The summed E-state index contributed by atoms with van der Waals surface area (Å²) in [5.41, 5.74) is 0.679. The molecule has 1 fully saturated rings. The van der Waals surface area contributed by atoms with Gasteiger partial charge in [0.1, 0.15) is 42.0 Å². The Kier molecular flexibility index (Phi) is 12.7. The van der Waals surface area contributed by atoms with E-state index in [2.05, 4.69) is 54.1 Å². The van der Waals surface area contributed by atoms with Crippen molar-refractivity contribution in [1.29, 1.82) is 0 Å². The molecule has 3 N–H and O–H groups in total. The minimum Gasteiger partial charge on any atom is -0.497 e. The second-order valence-corrected chi connectivity index (χ2v) is 21.6. The number of anilines is 1. The van der Waals surface area contributed by atoms with E-state index >= 15 is 0 Å². The molecular weight excluding hydrogens is 818 g/mol. The highest BCUT2D eigenvalue weighted by molar-refractivity contribution is 7.32. The van der Waals surface area contributed by atoms with Crippen LogP contribution < -0.4 is 20.3 Å². The summed E-state index contributed by atoms with van der Waals surface area (Å²) in [6.07, 6.45) is -2.70. The van der Waals surface area contributed by atoms with E-state index in [1.165, 1.54) is 6.33 Å². The molecule has 3 heterocycles. The molecule has 0 saturated carbocycles. The smallest absolute Gasteiger partial charge is 0.497 e. The molecule has 1 aliphatic rings. The standard InChI is InChI=1S/C44H48N5O10PSi/c1-43(2,3)61(6,7)59-37-36(58-44(29-16-12-9-13-17-29,30-18-22-32(54-4)23-19-30)31-20-24-33(55-5)25-21-31)34(26-56-60(52)53)57-41(37)49-27-45-35-38(49)46-42(48-40(35)51)47-39(50)28-14-10-8-11-15-28/h8-25,27,34,36-37,41H,26H2,1-7H3,(H2-,46,47,48,50,51,52,53)/p+1/t34-,36?,37?,41-/m1/s1. The maximum Gasteiger partial charge on any atom is 0.694 e. The van der Waals surface area contributed by atoms with Crippen molar-refractivity contribution in [1.82, 2.24) is 19.5 Å². The Morgan fingerprint density at radius 2 is 1.43 bits per heavy atom. The first-order chi connectivity index (χ1) is 29.1. The molecule has 1 saturated heterocycles. The molecule has 318 valence electrons. The average Bonchev–Trinajstić information content (AvgIpc) is 3.82. The topological polar surface area (TPSA) is 185 Å². The van der Waals surface area contributed by atoms with Gasteiger partial charge in [-0.2, -0.15) is 4.98 Å². The number of aromatic amines is 1. The molecule has 4 aromatic carbocycles. The van der Waals surface area contributed by atoms with E-state index in [0.29, 0.717) is 17.1 Å². The molecule has 5 atom stereocenters. The Hall–Kier alpha value is -5.58. The van der Waals surface area contributed by atoms with E-state index in [1.807, 2.05) is 78.9 Å². The van der Waals surface area contributed by atoms with E-state index in [-0.39, 0.29) is 28.8 Å². The Morgan fingerprint density at radius 3 is 1.97 bits per heavy atom. The monoisotopic (exact) mass is 866 g/mol. The highest BCUT2D eigenvalue weighted by atomic mass is 31.1. The number of nitrogens with zero attached hydrogens (tertiary/aromatic N) is 3. The summed E-state index contributed by atoms with van der Waals surface area (Å²) in [4.78, 5) is 48.4. The third kappa shape index (κ3) is 8.93. The highest BCUT2D eigenvalue weighted by Crippen LogP contribution is 2.49. The first kappa shape index (κ1) is 43.5. The van der Waals surface area contributed by atoms with Crippen LogP contribution in [0.4, 0.5) is 5.95 Å². The first-order valence-electron chi connectivity index (χ1n) is 19.6. The molecule has 15 nitrogen and oxygen atoms in total. The molecule has 1 aliphatic heterocycles. The van der Waals surface area contributed by atoms with Crippen LogP contribution in [0.1, 0.15) is 54.0 Å². The normalized spacial score (nSPS) is 18.5. The lowest BCUT2D eigenvalue weighted by Gasteiger charge is -2.43. The van der Waals surface area contributed by atoms with E-state index in [0.717, 1.165) is 16.7 Å². The third-order valence-corrected chi connectivity index (χ3v) is 16.2. The average molecular weight is 867 g/mol. The van der Waals surface area contributed by atoms with Crippen molar-refractivity contribution in [2.75, 3.05) is 26.1 Å². The summed E-state index contributed by atoms with van der Waals surface area (Å²) in [6.45, 7) is 10.1. The van der Waals surface area contributed by atoms with Gasteiger partial charge in [0.05, 0.1) is 20.5 Å². The number of H-pyrrole nitrogens is 1. The molecule has 6 aromatic rings. The molecule has 0 spiro atoms. The van der Waals surface area contributed by atoms with E-state index in [9.17, 15) is 19.0 Å². The van der Waals surface area contributed by atoms with E-state index < -0.39 is 58.2 Å². The number of ether oxygens (including phenoxy) is 4. The van der Waals surface area contributed by atoms with Crippen molar-refractivity contribution >= 4 is 39.6 Å². The molecule has 7 rings (SSSR count). The Balaban J connectivity index is 1.43. The minimum absolute atomic E-state index is 0.0157. The number of amides is 1. The highest BCUT2D eigenvalue weighted by Gasteiger charge is 2.56. The van der Waals surface area contributed by atoms with Crippen LogP contribution in [0.15, 0.2) is 120 Å². The van der Waals surface area contributed by atoms with Crippen molar-refractivity contribution in [2.45, 2.75) is 69.0 Å². The summed E-state index contributed by atoms with van der Waals surface area (Å²) in [5.74, 6) is 0.676. The number of imidazole rings is 1. The first-order valence-corrected chi connectivity index (χ1v) is 23.7. The van der Waals surface area contributed by atoms with Gasteiger partial charge in [-0.15, -0.1) is 9.42 Å². The van der Waals surface area contributed by atoms with Gasteiger partial charge in [0.25, 0.3) is 11.5 Å². The van der Waals surface area contributed by atoms with Gasteiger partial charge in [0, 0.05) is 10.1 Å². The van der Waals surface area contributed by atoms with Crippen LogP contribution in [0, 0.1) is 0 Å². The van der Waals surface area contributed by atoms with Gasteiger partial charge < -0.3 is 23.4 Å². The lowest BCUT2D eigenvalue weighted by molar-refractivity contribution is -0.108. The maximum absolute atomic E-state index is 13.5. The number of carbonyl (C=O) groups is 1. The Labute approximate surface area is 355 Å². The second kappa shape index (κ2) is 17.8. The zero-order valence-corrected chi connectivity index (χ0v) is 36.8. The van der Waals surface area contributed by atoms with Crippen LogP contribution in [0.3, 0.4) is 0 Å². The number of carbonyl (C=O) groups excluding carboxylic acids is 1. The number of rotatable bonds is 15. The van der Waals surface area contributed by atoms with Crippen molar-refractivity contribution < 1.29 is 42.2 Å². The summed E-state index contributed by atoms with van der Waals surface area (Å²) >= 11 is 0. The van der Waals surface area contributed by atoms with Crippen LogP contribution in [-0.4, -0.2) is 77.8 Å². The van der Waals surface area contributed by atoms with Crippen LogP contribution >= 0.6 is 8.25 Å². The van der Waals surface area contributed by atoms with Gasteiger partial charge in [-0.25, -0.2) is 4.98 Å². The number of methoxy groups -OCH3 is 2. The third-order valence-electron chi connectivity index (χ3n) is 11.3. The van der Waals surface area contributed by atoms with Gasteiger partial charge >= 0.3 is 8.25 Å². The zero-order valence-electron chi connectivity index (χ0n) is 34.9. The van der Waals surface area contributed by atoms with Crippen LogP contribution in [0.5, 0.6) is 11.5 Å². The van der Waals surface area contributed by atoms with Crippen LogP contribution in [0.25, 0.3) is 11.2 Å². The predicted octanol–water partition coefficient (Wildman–Crippen LogP) is 7.72. The van der Waals surface area contributed by atoms with E-state index in [1.54, 1.807) is 49.1 Å². The van der Waals surface area contributed by atoms with Crippen LogP contribution in [-0.2, 0) is 28.6 Å². The molecule has 0 aliphatic carbocycles. The largest absolute Gasteiger partial charge is 0.694 e. The number of fused-ring (bicyclic) bond motifs is 1. The van der Waals surface area contributed by atoms with Crippen molar-refractivity contribution in [3.63, 3.8) is 0 Å². The molecule has 0 radical (unpaired) electrons. The summed E-state index contributed by atoms with van der Waals surface area (Å²) in [5, 5.41) is 2.37. The predicted molar refractivity (Wildman–Crippen MR) is 231 cm³/mol. The number of hydrogen-bond donors (Lipinski definition) is 3. The van der Waals surface area contributed by atoms with E-state index in [4.69, 9.17) is 27.9 Å². The van der Waals surface area contributed by atoms with Gasteiger partial charge in [0.2, 0.25) is 5.95 Å². The van der Waals surface area contributed by atoms with Crippen molar-refractivity contribution in [3.8, 4) is 11.5 Å². The number of benzene rings is 4. The Morgan fingerprint density at radius 1 is 0.869 bits per heavy atom. The van der Waals surface area contributed by atoms with Crippen LogP contribution in [0.2, 0.25) is 18.1 Å². The fourth-order valence-corrected chi connectivity index (χ4v) is 8.72. The quantitative estimate of drug-likeness (QED) is 0.0520. The summed E-state index contributed by atoms with van der Waals surface area (Å²) in [6, 6.07) is 33.3. The van der Waals surface area contributed by atoms with Gasteiger partial charge in [-0.05, 0) is 71.2 Å². The summed E-state index contributed by atoms with van der Waals surface area (Å²) < 4.78 is 52.2. The number of nitrogens with one attached hydrogen (secondary N) is 2. The molecule has 1 amide bonds. The molecular formula is C44H49N5O10PSi+. The molecule has 0 bridgehead atoms. The second-order valence-electron chi connectivity index (χ2n) is 16.1. The number of hydrogen-bond acceptors (Lipinski definition) is 11.